The lowest BCUT2D eigenvalue weighted by Crippen LogP contribution is -2.34. The quantitative estimate of drug-likeness (QED) is 0.680. The first kappa shape index (κ1) is 18.3. The van der Waals surface area contributed by atoms with Crippen molar-refractivity contribution in [3.05, 3.63) is 71.4 Å². The molecule has 3 aromatic rings. The molecular weight excluding hydrogens is 348 g/mol. The minimum absolute atomic E-state index is 0.115. The lowest BCUT2D eigenvalue weighted by atomic mass is 9.92. The molecule has 0 aliphatic carbocycles. The van der Waals surface area contributed by atoms with Gasteiger partial charge in [-0.15, -0.1) is 0 Å². The molecule has 0 spiro atoms. The van der Waals surface area contributed by atoms with E-state index in [0.29, 0.717) is 12.4 Å². The summed E-state index contributed by atoms with van der Waals surface area (Å²) in [6.07, 6.45) is 0.883. The molecule has 1 aliphatic rings. The van der Waals surface area contributed by atoms with Crippen LogP contribution in [0, 0.1) is 6.92 Å². The summed E-state index contributed by atoms with van der Waals surface area (Å²) in [4.78, 5) is 14.9. The Labute approximate surface area is 166 Å². The van der Waals surface area contributed by atoms with E-state index in [2.05, 4.69) is 51.2 Å². The van der Waals surface area contributed by atoms with Gasteiger partial charge < -0.3 is 0 Å². The van der Waals surface area contributed by atoms with E-state index in [1.807, 2.05) is 41.1 Å². The van der Waals surface area contributed by atoms with Crippen molar-refractivity contribution in [2.75, 3.05) is 16.8 Å². The fraction of sp³-hybridized carbons (Fsp3) is 0.304. The lowest BCUT2D eigenvalue weighted by Gasteiger charge is -2.18. The number of amides is 2. The Morgan fingerprint density at radius 1 is 1.07 bits per heavy atom. The molecule has 1 aromatic heterocycles. The Kier molecular flexibility index (Phi) is 4.46. The van der Waals surface area contributed by atoms with E-state index in [-0.39, 0.29) is 11.4 Å². The molecule has 2 amide bonds. The highest BCUT2D eigenvalue weighted by Crippen LogP contribution is 2.30. The standard InChI is InChI=1S/C23H26N4O/c1-16-9-11-18(12-10-16)27-21(15-20(25-27)23(2,3)4)24-22(28)26-14-13-17-7-5-6-8-19(17)26/h5-12,15H,13-14H2,1-4H3,(H,24,28). The van der Waals surface area contributed by atoms with Crippen LogP contribution >= 0.6 is 0 Å². The number of nitrogens with zero attached hydrogens (tertiary/aromatic N) is 3. The number of carbonyl (C=O) groups excluding carboxylic acids is 1. The molecule has 0 radical (unpaired) electrons. The maximum Gasteiger partial charge on any atom is 0.327 e. The van der Waals surface area contributed by atoms with Gasteiger partial charge in [0, 0.05) is 23.7 Å². The fourth-order valence-corrected chi connectivity index (χ4v) is 3.45. The van der Waals surface area contributed by atoms with Gasteiger partial charge in [-0.3, -0.25) is 10.2 Å². The number of anilines is 2. The number of rotatable bonds is 2. The molecule has 0 atom stereocenters. The topological polar surface area (TPSA) is 50.2 Å². The van der Waals surface area contributed by atoms with Gasteiger partial charge in [-0.2, -0.15) is 5.10 Å². The third-order valence-corrected chi connectivity index (χ3v) is 5.12. The molecule has 1 N–H and O–H groups in total. The monoisotopic (exact) mass is 374 g/mol. The SMILES string of the molecule is Cc1ccc(-n2nc(C(C)(C)C)cc2NC(=O)N2CCc3ccccc32)cc1. The number of aryl methyl sites for hydroxylation is 1. The summed E-state index contributed by atoms with van der Waals surface area (Å²) in [7, 11) is 0. The van der Waals surface area contributed by atoms with Crippen molar-refractivity contribution in [3.63, 3.8) is 0 Å². The number of hydrogen-bond acceptors (Lipinski definition) is 2. The van der Waals surface area contributed by atoms with Gasteiger partial charge >= 0.3 is 6.03 Å². The van der Waals surface area contributed by atoms with Gasteiger partial charge in [0.25, 0.3) is 0 Å². The molecule has 5 heteroatoms. The molecule has 0 bridgehead atoms. The number of fused-ring (bicyclic) bond motifs is 1. The van der Waals surface area contributed by atoms with Gasteiger partial charge in [0.2, 0.25) is 0 Å². The van der Waals surface area contributed by atoms with Crippen molar-refractivity contribution in [1.82, 2.24) is 9.78 Å². The third-order valence-electron chi connectivity index (χ3n) is 5.12. The second-order valence-electron chi connectivity index (χ2n) is 8.37. The Morgan fingerprint density at radius 3 is 2.50 bits per heavy atom. The number of urea groups is 1. The summed E-state index contributed by atoms with van der Waals surface area (Å²) >= 11 is 0. The normalized spacial score (nSPS) is 13.5. The summed E-state index contributed by atoms with van der Waals surface area (Å²) in [6.45, 7) is 9.11. The highest BCUT2D eigenvalue weighted by Gasteiger charge is 2.26. The molecule has 0 unspecified atom stereocenters. The summed E-state index contributed by atoms with van der Waals surface area (Å²) in [5.41, 5.74) is 5.13. The fourth-order valence-electron chi connectivity index (χ4n) is 3.45. The molecule has 28 heavy (non-hydrogen) atoms. The van der Waals surface area contributed by atoms with Crippen molar-refractivity contribution in [2.24, 2.45) is 0 Å². The molecule has 1 aliphatic heterocycles. The predicted octanol–water partition coefficient (Wildman–Crippen LogP) is 5.07. The number of nitrogens with one attached hydrogen (secondary N) is 1. The average molecular weight is 374 g/mol. The van der Waals surface area contributed by atoms with Crippen molar-refractivity contribution in [2.45, 2.75) is 39.5 Å². The van der Waals surface area contributed by atoms with Gasteiger partial charge in [0.05, 0.1) is 11.4 Å². The van der Waals surface area contributed by atoms with Crippen molar-refractivity contribution < 1.29 is 4.79 Å². The van der Waals surface area contributed by atoms with Crippen LogP contribution in [0.1, 0.15) is 37.6 Å². The highest BCUT2D eigenvalue weighted by molar-refractivity contribution is 6.02. The zero-order valence-electron chi connectivity index (χ0n) is 16.9. The molecule has 144 valence electrons. The smallest absolute Gasteiger partial charge is 0.294 e. The van der Waals surface area contributed by atoms with Crippen molar-refractivity contribution >= 4 is 17.5 Å². The summed E-state index contributed by atoms with van der Waals surface area (Å²) in [5, 5.41) is 7.88. The Bertz CT molecular complexity index is 1010. The van der Waals surface area contributed by atoms with Crippen LogP contribution in [0.3, 0.4) is 0 Å². The van der Waals surface area contributed by atoms with Gasteiger partial charge in [-0.05, 0) is 37.1 Å². The molecule has 0 saturated carbocycles. The first-order valence-electron chi connectivity index (χ1n) is 9.67. The van der Waals surface area contributed by atoms with E-state index in [0.717, 1.165) is 23.5 Å². The maximum absolute atomic E-state index is 13.0. The van der Waals surface area contributed by atoms with Crippen LogP contribution in [0.15, 0.2) is 54.6 Å². The van der Waals surface area contributed by atoms with E-state index < -0.39 is 0 Å². The minimum Gasteiger partial charge on any atom is -0.294 e. The minimum atomic E-state index is -0.126. The summed E-state index contributed by atoms with van der Waals surface area (Å²) in [5.74, 6) is 0.683. The van der Waals surface area contributed by atoms with Gasteiger partial charge in [-0.25, -0.2) is 9.48 Å². The van der Waals surface area contributed by atoms with Gasteiger partial charge in [-0.1, -0.05) is 56.7 Å². The third kappa shape index (κ3) is 3.40. The van der Waals surface area contributed by atoms with E-state index in [1.165, 1.54) is 11.1 Å². The van der Waals surface area contributed by atoms with Crippen LogP contribution in [-0.4, -0.2) is 22.4 Å². The number of carbonyl (C=O) groups is 1. The van der Waals surface area contributed by atoms with E-state index in [9.17, 15) is 4.79 Å². The first-order chi connectivity index (χ1) is 13.3. The molecule has 0 fully saturated rings. The van der Waals surface area contributed by atoms with Crippen LogP contribution < -0.4 is 10.2 Å². The molecule has 0 saturated heterocycles. The second kappa shape index (κ2) is 6.82. The molecule has 4 rings (SSSR count). The summed E-state index contributed by atoms with van der Waals surface area (Å²) < 4.78 is 1.82. The summed E-state index contributed by atoms with van der Waals surface area (Å²) in [6, 6.07) is 18.1. The Hall–Kier alpha value is -3.08. The second-order valence-corrected chi connectivity index (χ2v) is 8.37. The number of para-hydroxylation sites is 1. The maximum atomic E-state index is 13.0. The Morgan fingerprint density at radius 2 is 1.79 bits per heavy atom. The van der Waals surface area contributed by atoms with Crippen LogP contribution in [-0.2, 0) is 11.8 Å². The molecule has 2 heterocycles. The molecular formula is C23H26N4O. The molecule has 2 aromatic carbocycles. The largest absolute Gasteiger partial charge is 0.327 e. The van der Waals surface area contributed by atoms with E-state index in [1.54, 1.807) is 4.90 Å². The van der Waals surface area contributed by atoms with Gasteiger partial charge in [0.15, 0.2) is 0 Å². The predicted molar refractivity (Wildman–Crippen MR) is 114 cm³/mol. The van der Waals surface area contributed by atoms with Gasteiger partial charge in [0.1, 0.15) is 5.82 Å². The molecule has 5 nitrogen and oxygen atoms in total. The van der Waals surface area contributed by atoms with Crippen LogP contribution in [0.5, 0.6) is 0 Å². The average Bonchev–Trinajstić information content (AvgIpc) is 3.26. The van der Waals surface area contributed by atoms with Crippen LogP contribution in [0.25, 0.3) is 5.69 Å². The number of benzene rings is 2. The van der Waals surface area contributed by atoms with Crippen LogP contribution in [0.2, 0.25) is 0 Å². The van der Waals surface area contributed by atoms with Crippen LogP contribution in [0.4, 0.5) is 16.3 Å². The zero-order chi connectivity index (χ0) is 19.9. The lowest BCUT2D eigenvalue weighted by molar-refractivity contribution is 0.257. The zero-order valence-corrected chi connectivity index (χ0v) is 16.9. The van der Waals surface area contributed by atoms with E-state index >= 15 is 0 Å². The van der Waals surface area contributed by atoms with Crippen molar-refractivity contribution in [3.8, 4) is 5.69 Å². The number of aromatic nitrogens is 2. The van der Waals surface area contributed by atoms with E-state index in [4.69, 9.17) is 5.10 Å². The van der Waals surface area contributed by atoms with Crippen molar-refractivity contribution in [1.29, 1.82) is 0 Å². The Balaban J connectivity index is 1.68. The highest BCUT2D eigenvalue weighted by atomic mass is 16.2. The number of hydrogen-bond donors (Lipinski definition) is 1. The first-order valence-corrected chi connectivity index (χ1v) is 9.67.